The number of hydrogen-bond donors (Lipinski definition) is 1. The van der Waals surface area contributed by atoms with Crippen LogP contribution in [-0.2, 0) is 0 Å². The van der Waals surface area contributed by atoms with Gasteiger partial charge in [-0.05, 0) is 38.6 Å². The van der Waals surface area contributed by atoms with Gasteiger partial charge in [0.1, 0.15) is 0 Å². The summed E-state index contributed by atoms with van der Waals surface area (Å²) in [5.74, 6) is 1.79. The van der Waals surface area contributed by atoms with E-state index in [2.05, 4.69) is 37.4 Å². The Morgan fingerprint density at radius 1 is 1.41 bits per heavy atom. The standard InChI is InChI=1S/C14H24N2S/c1-4-11-5-7-12(8-6-11)14(15-3)13-9-16-10(2)17-13/h9,11-12,14-15H,4-8H2,1-3H3. The summed E-state index contributed by atoms with van der Waals surface area (Å²) in [5.41, 5.74) is 0. The number of rotatable bonds is 4. The normalized spacial score (nSPS) is 27.0. The monoisotopic (exact) mass is 252 g/mol. The highest BCUT2D eigenvalue weighted by atomic mass is 32.1. The van der Waals surface area contributed by atoms with Gasteiger partial charge in [0.2, 0.25) is 0 Å². The molecule has 1 heterocycles. The fourth-order valence-electron chi connectivity index (χ4n) is 3.06. The molecule has 1 atom stereocenters. The van der Waals surface area contributed by atoms with Crippen LogP contribution in [0.5, 0.6) is 0 Å². The molecule has 0 amide bonds. The SMILES string of the molecule is CCC1CCC(C(NC)c2cnc(C)s2)CC1. The van der Waals surface area contributed by atoms with Gasteiger partial charge in [-0.3, -0.25) is 0 Å². The Bertz CT molecular complexity index is 340. The van der Waals surface area contributed by atoms with Crippen LogP contribution in [-0.4, -0.2) is 12.0 Å². The van der Waals surface area contributed by atoms with Crippen molar-refractivity contribution in [3.8, 4) is 0 Å². The average molecular weight is 252 g/mol. The first-order chi connectivity index (χ1) is 8.24. The lowest BCUT2D eigenvalue weighted by Gasteiger charge is -2.32. The van der Waals surface area contributed by atoms with Crippen LogP contribution < -0.4 is 5.32 Å². The molecular weight excluding hydrogens is 228 g/mol. The van der Waals surface area contributed by atoms with E-state index in [-0.39, 0.29) is 0 Å². The molecule has 1 fully saturated rings. The first-order valence-electron chi connectivity index (χ1n) is 6.84. The van der Waals surface area contributed by atoms with E-state index in [1.54, 1.807) is 0 Å². The van der Waals surface area contributed by atoms with Gasteiger partial charge in [-0.25, -0.2) is 4.98 Å². The van der Waals surface area contributed by atoms with E-state index in [1.165, 1.54) is 42.0 Å². The maximum atomic E-state index is 4.39. The molecule has 1 aliphatic carbocycles. The highest BCUT2D eigenvalue weighted by Gasteiger charge is 2.28. The third-order valence-corrected chi connectivity index (χ3v) is 5.19. The van der Waals surface area contributed by atoms with Gasteiger partial charge >= 0.3 is 0 Å². The van der Waals surface area contributed by atoms with Gasteiger partial charge in [0.05, 0.1) is 5.01 Å². The Balaban J connectivity index is 2.00. The molecule has 0 spiro atoms. The van der Waals surface area contributed by atoms with E-state index in [1.807, 2.05) is 11.3 Å². The maximum Gasteiger partial charge on any atom is 0.0897 e. The Labute approximate surface area is 109 Å². The number of thiazole rings is 1. The molecule has 1 unspecified atom stereocenters. The predicted molar refractivity (Wildman–Crippen MR) is 74.4 cm³/mol. The van der Waals surface area contributed by atoms with Gasteiger partial charge < -0.3 is 5.32 Å². The Hall–Kier alpha value is -0.410. The van der Waals surface area contributed by atoms with Gasteiger partial charge in [-0.1, -0.05) is 26.2 Å². The van der Waals surface area contributed by atoms with Crippen LogP contribution >= 0.6 is 11.3 Å². The minimum absolute atomic E-state index is 0.527. The van der Waals surface area contributed by atoms with Crippen LogP contribution in [0.15, 0.2) is 6.20 Å². The molecular formula is C14H24N2S. The van der Waals surface area contributed by atoms with Crippen LogP contribution in [0.1, 0.15) is 55.0 Å². The molecule has 3 heteroatoms. The molecule has 96 valence electrons. The smallest absolute Gasteiger partial charge is 0.0897 e. The first kappa shape index (κ1) is 13.0. The quantitative estimate of drug-likeness (QED) is 0.878. The van der Waals surface area contributed by atoms with Crippen molar-refractivity contribution in [1.29, 1.82) is 0 Å². The third kappa shape index (κ3) is 3.08. The van der Waals surface area contributed by atoms with Crippen molar-refractivity contribution in [3.63, 3.8) is 0 Å². The number of aryl methyl sites for hydroxylation is 1. The van der Waals surface area contributed by atoms with Crippen LogP contribution in [0.2, 0.25) is 0 Å². The van der Waals surface area contributed by atoms with Crippen molar-refractivity contribution in [3.05, 3.63) is 16.1 Å². The topological polar surface area (TPSA) is 24.9 Å². The molecule has 0 aromatic carbocycles. The second kappa shape index (κ2) is 5.96. The molecule has 0 radical (unpaired) electrons. The molecule has 1 aromatic rings. The number of aromatic nitrogens is 1. The lowest BCUT2D eigenvalue weighted by Crippen LogP contribution is -2.28. The van der Waals surface area contributed by atoms with E-state index in [4.69, 9.17) is 0 Å². The summed E-state index contributed by atoms with van der Waals surface area (Å²) in [4.78, 5) is 5.81. The zero-order valence-corrected chi connectivity index (χ0v) is 12.0. The molecule has 1 saturated carbocycles. The van der Waals surface area contributed by atoms with Crippen molar-refractivity contribution in [2.45, 2.75) is 52.0 Å². The number of hydrogen-bond acceptors (Lipinski definition) is 3. The van der Waals surface area contributed by atoms with Gasteiger partial charge in [0.15, 0.2) is 0 Å². The maximum absolute atomic E-state index is 4.39. The lowest BCUT2D eigenvalue weighted by molar-refractivity contribution is 0.226. The van der Waals surface area contributed by atoms with Crippen LogP contribution in [0.25, 0.3) is 0 Å². The zero-order valence-electron chi connectivity index (χ0n) is 11.2. The molecule has 0 aliphatic heterocycles. The summed E-state index contributed by atoms with van der Waals surface area (Å²) in [7, 11) is 2.09. The van der Waals surface area contributed by atoms with Crippen molar-refractivity contribution < 1.29 is 0 Å². The van der Waals surface area contributed by atoms with E-state index >= 15 is 0 Å². The second-order valence-corrected chi connectivity index (χ2v) is 6.50. The molecule has 1 aliphatic rings. The van der Waals surface area contributed by atoms with E-state index < -0.39 is 0 Å². The van der Waals surface area contributed by atoms with Crippen molar-refractivity contribution in [1.82, 2.24) is 10.3 Å². The van der Waals surface area contributed by atoms with Gasteiger partial charge in [-0.15, -0.1) is 11.3 Å². The largest absolute Gasteiger partial charge is 0.312 e. The van der Waals surface area contributed by atoms with Gasteiger partial charge in [0, 0.05) is 17.1 Å². The van der Waals surface area contributed by atoms with Gasteiger partial charge in [0.25, 0.3) is 0 Å². The zero-order chi connectivity index (χ0) is 12.3. The van der Waals surface area contributed by atoms with E-state index in [0.29, 0.717) is 6.04 Å². The van der Waals surface area contributed by atoms with Crippen LogP contribution in [0.3, 0.4) is 0 Å². The van der Waals surface area contributed by atoms with Crippen LogP contribution in [0.4, 0.5) is 0 Å². The summed E-state index contributed by atoms with van der Waals surface area (Å²) in [6.07, 6.45) is 9.00. The molecule has 0 saturated heterocycles. The fourth-order valence-corrected chi connectivity index (χ4v) is 4.05. The molecule has 0 bridgehead atoms. The number of nitrogens with zero attached hydrogens (tertiary/aromatic N) is 1. The van der Waals surface area contributed by atoms with E-state index in [9.17, 15) is 0 Å². The second-order valence-electron chi connectivity index (χ2n) is 5.24. The van der Waals surface area contributed by atoms with Gasteiger partial charge in [-0.2, -0.15) is 0 Å². The summed E-state index contributed by atoms with van der Waals surface area (Å²) >= 11 is 1.85. The number of nitrogens with one attached hydrogen (secondary N) is 1. The minimum Gasteiger partial charge on any atom is -0.312 e. The molecule has 1 N–H and O–H groups in total. The Morgan fingerprint density at radius 3 is 2.59 bits per heavy atom. The highest BCUT2D eigenvalue weighted by molar-refractivity contribution is 7.11. The van der Waals surface area contributed by atoms with Crippen molar-refractivity contribution >= 4 is 11.3 Å². The van der Waals surface area contributed by atoms with Crippen LogP contribution in [0, 0.1) is 18.8 Å². The highest BCUT2D eigenvalue weighted by Crippen LogP contribution is 2.39. The summed E-state index contributed by atoms with van der Waals surface area (Å²) < 4.78 is 0. The van der Waals surface area contributed by atoms with Crippen molar-refractivity contribution in [2.75, 3.05) is 7.05 Å². The average Bonchev–Trinajstić information content (AvgIpc) is 2.78. The molecule has 1 aromatic heterocycles. The molecule has 2 nitrogen and oxygen atoms in total. The third-order valence-electron chi connectivity index (χ3n) is 4.20. The summed E-state index contributed by atoms with van der Waals surface area (Å²) in [5, 5.41) is 4.69. The Kier molecular flexibility index (Phi) is 4.57. The van der Waals surface area contributed by atoms with E-state index in [0.717, 1.165) is 11.8 Å². The predicted octanol–water partition coefficient (Wildman–Crippen LogP) is 3.93. The molecule has 2 rings (SSSR count). The summed E-state index contributed by atoms with van der Waals surface area (Å²) in [6, 6.07) is 0.527. The Morgan fingerprint density at radius 2 is 2.12 bits per heavy atom. The lowest BCUT2D eigenvalue weighted by atomic mass is 9.77. The minimum atomic E-state index is 0.527. The van der Waals surface area contributed by atoms with Crippen molar-refractivity contribution in [2.24, 2.45) is 11.8 Å². The summed E-state index contributed by atoms with van der Waals surface area (Å²) in [6.45, 7) is 4.42. The fraction of sp³-hybridized carbons (Fsp3) is 0.786. The molecule has 17 heavy (non-hydrogen) atoms. The first-order valence-corrected chi connectivity index (χ1v) is 7.65.